The minimum Gasteiger partial charge on any atom is -0.497 e. The molecule has 0 radical (unpaired) electrons. The highest BCUT2D eigenvalue weighted by Crippen LogP contribution is 2.38. The fourth-order valence-corrected chi connectivity index (χ4v) is 4.33. The molecule has 1 rings (SSSR count). The van der Waals surface area contributed by atoms with Crippen molar-refractivity contribution in [1.29, 1.82) is 0 Å². The van der Waals surface area contributed by atoms with Crippen molar-refractivity contribution >= 4 is 14.3 Å². The number of hydrogen-bond donors (Lipinski definition) is 1. The Balaban J connectivity index is 2.93. The lowest BCUT2D eigenvalue weighted by Gasteiger charge is -2.41. The maximum absolute atomic E-state index is 12.1. The first-order chi connectivity index (χ1) is 15.5. The number of nitrogens with one attached hydrogen (secondary N) is 1. The third kappa shape index (κ3) is 9.58. The summed E-state index contributed by atoms with van der Waals surface area (Å²) >= 11 is 0. The predicted octanol–water partition coefficient (Wildman–Crippen LogP) is 4.18. The highest BCUT2D eigenvalue weighted by Gasteiger charge is 2.40. The lowest BCUT2D eigenvalue weighted by atomic mass is 10.0. The maximum atomic E-state index is 12.1. The summed E-state index contributed by atoms with van der Waals surface area (Å²) in [6, 6.07) is 7.25. The Morgan fingerprint density at radius 3 is 2.24 bits per heavy atom. The van der Waals surface area contributed by atoms with Gasteiger partial charge < -0.3 is 28.7 Å². The van der Waals surface area contributed by atoms with Crippen molar-refractivity contribution in [2.24, 2.45) is 5.92 Å². The van der Waals surface area contributed by atoms with Gasteiger partial charge in [0.25, 0.3) is 0 Å². The number of hydrogen-bond acceptors (Lipinski definition) is 7. The Hall–Kier alpha value is -1.71. The average Bonchev–Trinajstić information content (AvgIpc) is 2.77. The van der Waals surface area contributed by atoms with Crippen LogP contribution in [-0.4, -0.2) is 67.5 Å². The zero-order valence-electron chi connectivity index (χ0n) is 21.6. The van der Waals surface area contributed by atoms with E-state index in [1.54, 1.807) is 14.2 Å². The molecule has 1 aromatic carbocycles. The summed E-state index contributed by atoms with van der Waals surface area (Å²) in [5.74, 6) is 0.378. The second-order valence-corrected chi connectivity index (χ2v) is 14.4. The number of ether oxygens (including phenoxy) is 4. The molecule has 7 nitrogen and oxygen atoms in total. The van der Waals surface area contributed by atoms with Gasteiger partial charge in [0, 0.05) is 19.6 Å². The molecule has 1 unspecified atom stereocenters. The summed E-state index contributed by atoms with van der Waals surface area (Å²) in [5, 5.41) is 3.29. The fraction of sp³-hybridized carbons (Fsp3) is 0.640. The zero-order chi connectivity index (χ0) is 25.1. The summed E-state index contributed by atoms with van der Waals surface area (Å²) in [5.41, 5.74) is 1.06. The highest BCUT2D eigenvalue weighted by atomic mass is 28.4. The van der Waals surface area contributed by atoms with Gasteiger partial charge in [0.15, 0.2) is 8.32 Å². The van der Waals surface area contributed by atoms with Crippen molar-refractivity contribution in [3.63, 3.8) is 0 Å². The molecule has 0 aromatic heterocycles. The van der Waals surface area contributed by atoms with E-state index in [2.05, 4.69) is 45.8 Å². The molecule has 0 fully saturated rings. The molecule has 0 heterocycles. The number of methoxy groups -OCH3 is 3. The molecule has 0 spiro atoms. The monoisotopic (exact) mass is 481 g/mol. The van der Waals surface area contributed by atoms with Crippen molar-refractivity contribution in [3.8, 4) is 5.75 Å². The number of esters is 1. The molecule has 0 aliphatic rings. The Bertz CT molecular complexity index is 717. The summed E-state index contributed by atoms with van der Waals surface area (Å²) in [6.07, 6.45) is 1.65. The number of rotatable bonds is 15. The summed E-state index contributed by atoms with van der Waals surface area (Å²) in [7, 11) is 2.49. The van der Waals surface area contributed by atoms with Crippen LogP contribution in [0.25, 0.3) is 0 Å². The molecular weight excluding hydrogens is 438 g/mol. The molecule has 3 atom stereocenters. The van der Waals surface area contributed by atoms with E-state index in [0.717, 1.165) is 11.3 Å². The molecule has 0 amide bonds. The molecule has 0 saturated heterocycles. The average molecular weight is 482 g/mol. The van der Waals surface area contributed by atoms with Gasteiger partial charge in [-0.2, -0.15) is 0 Å². The quantitative estimate of drug-likeness (QED) is 0.229. The first kappa shape index (κ1) is 29.3. The van der Waals surface area contributed by atoms with Crippen LogP contribution in [0.1, 0.15) is 26.3 Å². The largest absolute Gasteiger partial charge is 0.497 e. The number of benzene rings is 1. The first-order valence-electron chi connectivity index (χ1n) is 11.3. The fourth-order valence-electron chi connectivity index (χ4n) is 2.98. The van der Waals surface area contributed by atoms with Crippen LogP contribution in [0.2, 0.25) is 18.1 Å². The third-order valence-corrected chi connectivity index (χ3v) is 10.7. The molecule has 0 bridgehead atoms. The van der Waals surface area contributed by atoms with E-state index in [-0.39, 0.29) is 29.6 Å². The Morgan fingerprint density at radius 1 is 1.12 bits per heavy atom. The van der Waals surface area contributed by atoms with Gasteiger partial charge in [0.1, 0.15) is 11.8 Å². The highest BCUT2D eigenvalue weighted by molar-refractivity contribution is 6.74. The molecule has 0 saturated carbocycles. The van der Waals surface area contributed by atoms with E-state index in [1.807, 2.05) is 30.3 Å². The second kappa shape index (κ2) is 13.9. The van der Waals surface area contributed by atoms with Crippen LogP contribution in [0, 0.1) is 5.92 Å². The van der Waals surface area contributed by atoms with Crippen LogP contribution in [0.3, 0.4) is 0 Å². The van der Waals surface area contributed by atoms with Gasteiger partial charge in [-0.1, -0.05) is 39.0 Å². The minimum absolute atomic E-state index is 0.0466. The Labute approximate surface area is 200 Å². The molecule has 33 heavy (non-hydrogen) atoms. The van der Waals surface area contributed by atoms with E-state index in [4.69, 9.17) is 23.4 Å². The molecule has 1 aromatic rings. The van der Waals surface area contributed by atoms with E-state index in [9.17, 15) is 4.79 Å². The summed E-state index contributed by atoms with van der Waals surface area (Å²) < 4.78 is 28.1. The van der Waals surface area contributed by atoms with Crippen molar-refractivity contribution < 1.29 is 28.2 Å². The van der Waals surface area contributed by atoms with Gasteiger partial charge in [-0.25, -0.2) is 0 Å². The smallest absolute Gasteiger partial charge is 0.325 e. The topological polar surface area (TPSA) is 75.3 Å². The van der Waals surface area contributed by atoms with Crippen molar-refractivity contribution in [2.75, 3.05) is 41.1 Å². The van der Waals surface area contributed by atoms with E-state index >= 15 is 0 Å². The van der Waals surface area contributed by atoms with Crippen LogP contribution in [0.4, 0.5) is 0 Å². The first-order valence-corrected chi connectivity index (χ1v) is 14.2. The van der Waals surface area contributed by atoms with Gasteiger partial charge in [0.05, 0.1) is 40.1 Å². The van der Waals surface area contributed by atoms with Crippen LogP contribution in [0.5, 0.6) is 5.75 Å². The van der Waals surface area contributed by atoms with E-state index < -0.39 is 14.4 Å². The van der Waals surface area contributed by atoms with Crippen LogP contribution < -0.4 is 10.1 Å². The molecular formula is C25H43NO6Si. The van der Waals surface area contributed by atoms with Gasteiger partial charge >= 0.3 is 5.97 Å². The maximum Gasteiger partial charge on any atom is 0.325 e. The van der Waals surface area contributed by atoms with Crippen LogP contribution >= 0.6 is 0 Å². The van der Waals surface area contributed by atoms with E-state index in [0.29, 0.717) is 19.8 Å². The molecule has 188 valence electrons. The zero-order valence-corrected chi connectivity index (χ0v) is 22.6. The van der Waals surface area contributed by atoms with Crippen molar-refractivity contribution in [3.05, 3.63) is 42.5 Å². The molecule has 8 heteroatoms. The normalized spacial score (nSPS) is 14.9. The van der Waals surface area contributed by atoms with Crippen LogP contribution in [-0.2, 0) is 30.0 Å². The summed E-state index contributed by atoms with van der Waals surface area (Å²) in [6.45, 7) is 16.7. The third-order valence-electron chi connectivity index (χ3n) is 6.16. The lowest BCUT2D eigenvalue weighted by Crippen LogP contribution is -2.50. The van der Waals surface area contributed by atoms with E-state index in [1.165, 1.54) is 7.11 Å². The standard InChI is InChI=1S/C25H43NO6Si/c1-10-20(15-26-22(17-28-5)24(27)30-7)23(32-33(8,9)25(2,3)4)18-31-16-19-11-13-21(29-6)14-12-19/h10-14,20,22-23,26H,1,15-18H2,2-9H3/t20-,22?,23+/m1/s1. The number of carbonyl (C=O) groups is 1. The predicted molar refractivity (Wildman–Crippen MR) is 134 cm³/mol. The SMILES string of the molecule is C=C[C@H](CNC(COC)C(=O)OC)[C@H](COCc1ccc(OC)cc1)O[Si](C)(C)C(C)(C)C. The van der Waals surface area contributed by atoms with Crippen LogP contribution in [0.15, 0.2) is 36.9 Å². The Kier molecular flexibility index (Phi) is 12.3. The molecule has 0 aliphatic carbocycles. The summed E-state index contributed by atoms with van der Waals surface area (Å²) in [4.78, 5) is 12.1. The van der Waals surface area contributed by atoms with Gasteiger partial charge in [0.2, 0.25) is 0 Å². The van der Waals surface area contributed by atoms with Crippen molar-refractivity contribution in [1.82, 2.24) is 5.32 Å². The second-order valence-electron chi connectivity index (χ2n) is 9.62. The minimum atomic E-state index is -2.08. The number of carbonyl (C=O) groups excluding carboxylic acids is 1. The molecule has 0 aliphatic heterocycles. The van der Waals surface area contributed by atoms with Gasteiger partial charge in [-0.05, 0) is 35.8 Å². The molecule has 1 N–H and O–H groups in total. The van der Waals surface area contributed by atoms with Crippen molar-refractivity contribution in [2.45, 2.75) is 57.7 Å². The van der Waals surface area contributed by atoms with Gasteiger partial charge in [-0.3, -0.25) is 4.79 Å². The Morgan fingerprint density at radius 2 is 1.76 bits per heavy atom. The lowest BCUT2D eigenvalue weighted by molar-refractivity contribution is -0.144. The van der Waals surface area contributed by atoms with Gasteiger partial charge in [-0.15, -0.1) is 6.58 Å².